The molecule has 0 radical (unpaired) electrons. The lowest BCUT2D eigenvalue weighted by molar-refractivity contribution is -0.125. The molecule has 3 N–H and O–H groups in total. The van der Waals surface area contributed by atoms with Gasteiger partial charge in [-0.15, -0.1) is 0 Å². The van der Waals surface area contributed by atoms with Crippen LogP contribution in [0.1, 0.15) is 18.1 Å². The molecule has 1 heterocycles. The van der Waals surface area contributed by atoms with Crippen LogP contribution in [0.3, 0.4) is 0 Å². The lowest BCUT2D eigenvalue weighted by Gasteiger charge is -2.26. The van der Waals surface area contributed by atoms with Gasteiger partial charge in [0.25, 0.3) is 0 Å². The molecule has 0 spiro atoms. The maximum Gasteiger partial charge on any atom is 0.318 e. The van der Waals surface area contributed by atoms with Crippen LogP contribution in [0.25, 0.3) is 11.1 Å². The minimum Gasteiger partial charge on any atom is -0.351 e. The number of nitrogens with zero attached hydrogens (tertiary/aromatic N) is 1. The summed E-state index contributed by atoms with van der Waals surface area (Å²) in [6, 6.07) is 15.1. The molecule has 0 aromatic heterocycles. The molecule has 5 nitrogen and oxygen atoms in total. The number of fused-ring (bicyclic) bond motifs is 3. The number of urea groups is 1. The van der Waals surface area contributed by atoms with Gasteiger partial charge < -0.3 is 5.73 Å². The fourth-order valence-electron chi connectivity index (χ4n) is 3.00. The van der Waals surface area contributed by atoms with Crippen molar-refractivity contribution in [1.29, 1.82) is 0 Å². The van der Waals surface area contributed by atoms with E-state index < -0.39 is 12.1 Å². The van der Waals surface area contributed by atoms with Gasteiger partial charge in [-0.05, 0) is 29.2 Å². The predicted molar refractivity (Wildman–Crippen MR) is 88.3 cm³/mol. The van der Waals surface area contributed by atoms with E-state index in [1.54, 1.807) is 6.92 Å². The van der Waals surface area contributed by atoms with Gasteiger partial charge in [0.05, 0.1) is 6.04 Å². The quantitative estimate of drug-likeness (QED) is 0.893. The Labute approximate surface area is 135 Å². The van der Waals surface area contributed by atoms with Gasteiger partial charge in [0.1, 0.15) is 0 Å². The molecular weight excluding hydrogens is 290 g/mol. The lowest BCUT2D eigenvalue weighted by Crippen LogP contribution is -2.47. The van der Waals surface area contributed by atoms with Gasteiger partial charge >= 0.3 is 6.03 Å². The largest absolute Gasteiger partial charge is 0.351 e. The molecule has 0 aliphatic carbocycles. The Morgan fingerprint density at radius 3 is 1.96 bits per heavy atom. The zero-order valence-electron chi connectivity index (χ0n) is 13.0. The summed E-state index contributed by atoms with van der Waals surface area (Å²) in [5.41, 5.74) is 9.76. The highest BCUT2D eigenvalue weighted by Gasteiger charge is 2.26. The number of hydrogen-bond donors (Lipinski definition) is 2. The van der Waals surface area contributed by atoms with Crippen LogP contribution in [0.4, 0.5) is 4.79 Å². The Morgan fingerprint density at radius 1 is 1.00 bits per heavy atom. The molecule has 0 unspecified atom stereocenters. The molecule has 2 aromatic carbocycles. The summed E-state index contributed by atoms with van der Waals surface area (Å²) in [7, 11) is 0. The number of rotatable bonds is 2. The third kappa shape index (κ3) is 3.10. The van der Waals surface area contributed by atoms with Gasteiger partial charge in [-0.3, -0.25) is 15.0 Å². The van der Waals surface area contributed by atoms with E-state index in [1.807, 2.05) is 29.2 Å². The van der Waals surface area contributed by atoms with Gasteiger partial charge in [-0.25, -0.2) is 4.79 Å². The van der Waals surface area contributed by atoms with Gasteiger partial charge in [0.2, 0.25) is 5.91 Å². The molecule has 118 valence electrons. The van der Waals surface area contributed by atoms with E-state index in [2.05, 4.69) is 29.6 Å². The van der Waals surface area contributed by atoms with Crippen molar-refractivity contribution in [3.05, 3.63) is 59.7 Å². The maximum absolute atomic E-state index is 12.1. The number of hydrogen-bond acceptors (Lipinski definition) is 3. The summed E-state index contributed by atoms with van der Waals surface area (Å²) in [6.45, 7) is 3.06. The SMILES string of the molecule is C[C@H](C(=O)NC(N)=O)N1Cc2ccccc2-c2ccccc2C1. The third-order valence-corrected chi connectivity index (χ3v) is 4.25. The van der Waals surface area contributed by atoms with E-state index in [0.29, 0.717) is 13.1 Å². The van der Waals surface area contributed by atoms with Crippen LogP contribution in [0.15, 0.2) is 48.5 Å². The molecule has 1 aliphatic heterocycles. The standard InChI is InChI=1S/C18H19N3O2/c1-12(17(22)20-18(19)23)21-10-13-6-2-4-8-15(13)16-9-5-3-7-14(16)11-21/h2-9,12H,10-11H2,1H3,(H3,19,20,22,23)/t12-/m1/s1. The number of imide groups is 1. The fraction of sp³-hybridized carbons (Fsp3) is 0.222. The highest BCUT2D eigenvalue weighted by molar-refractivity contribution is 5.96. The first-order valence-electron chi connectivity index (χ1n) is 7.57. The van der Waals surface area contributed by atoms with Crippen LogP contribution in [0, 0.1) is 0 Å². The zero-order chi connectivity index (χ0) is 16.4. The van der Waals surface area contributed by atoms with Crippen molar-refractivity contribution in [2.24, 2.45) is 5.73 Å². The van der Waals surface area contributed by atoms with E-state index in [-0.39, 0.29) is 5.91 Å². The van der Waals surface area contributed by atoms with E-state index >= 15 is 0 Å². The summed E-state index contributed by atoms with van der Waals surface area (Å²) in [4.78, 5) is 25.1. The molecule has 5 heteroatoms. The molecule has 2 aromatic rings. The zero-order valence-corrected chi connectivity index (χ0v) is 13.0. The van der Waals surface area contributed by atoms with Gasteiger partial charge in [-0.1, -0.05) is 48.5 Å². The average molecular weight is 309 g/mol. The predicted octanol–water partition coefficient (Wildman–Crippen LogP) is 2.25. The third-order valence-electron chi connectivity index (χ3n) is 4.25. The summed E-state index contributed by atoms with van der Waals surface area (Å²) in [5.74, 6) is -0.380. The van der Waals surface area contributed by atoms with Gasteiger partial charge in [0, 0.05) is 13.1 Å². The van der Waals surface area contributed by atoms with Crippen molar-refractivity contribution < 1.29 is 9.59 Å². The van der Waals surface area contributed by atoms with Crippen molar-refractivity contribution in [2.45, 2.75) is 26.1 Å². The Bertz CT molecular complexity index is 710. The molecule has 1 atom stereocenters. The van der Waals surface area contributed by atoms with Crippen molar-refractivity contribution in [2.75, 3.05) is 0 Å². The monoisotopic (exact) mass is 309 g/mol. The number of primary amides is 1. The first-order chi connectivity index (χ1) is 11.1. The molecule has 3 amide bonds. The first kappa shape index (κ1) is 15.2. The topological polar surface area (TPSA) is 75.4 Å². The summed E-state index contributed by atoms with van der Waals surface area (Å²) in [6.07, 6.45) is 0. The summed E-state index contributed by atoms with van der Waals surface area (Å²) >= 11 is 0. The van der Waals surface area contributed by atoms with Crippen LogP contribution in [-0.4, -0.2) is 22.9 Å². The molecule has 3 rings (SSSR count). The summed E-state index contributed by atoms with van der Waals surface area (Å²) in [5, 5.41) is 2.17. The Hall–Kier alpha value is -2.66. The Balaban J connectivity index is 1.98. The number of benzene rings is 2. The van der Waals surface area contributed by atoms with E-state index in [1.165, 1.54) is 11.1 Å². The minimum atomic E-state index is -0.822. The molecule has 0 saturated carbocycles. The van der Waals surface area contributed by atoms with Crippen LogP contribution in [0.2, 0.25) is 0 Å². The number of nitrogens with one attached hydrogen (secondary N) is 1. The van der Waals surface area contributed by atoms with E-state index in [4.69, 9.17) is 5.73 Å². The van der Waals surface area contributed by atoms with E-state index in [0.717, 1.165) is 11.1 Å². The van der Waals surface area contributed by atoms with Crippen LogP contribution in [0.5, 0.6) is 0 Å². The van der Waals surface area contributed by atoms with Crippen molar-refractivity contribution in [3.8, 4) is 11.1 Å². The van der Waals surface area contributed by atoms with Crippen LogP contribution < -0.4 is 11.1 Å². The first-order valence-corrected chi connectivity index (χ1v) is 7.57. The van der Waals surface area contributed by atoms with Crippen molar-refractivity contribution in [1.82, 2.24) is 10.2 Å². The highest BCUT2D eigenvalue weighted by Crippen LogP contribution is 2.33. The Morgan fingerprint density at radius 2 is 1.48 bits per heavy atom. The number of nitrogens with two attached hydrogens (primary N) is 1. The molecular formula is C18H19N3O2. The van der Waals surface area contributed by atoms with Crippen LogP contribution >= 0.6 is 0 Å². The van der Waals surface area contributed by atoms with E-state index in [9.17, 15) is 9.59 Å². The second-order valence-electron chi connectivity index (χ2n) is 5.75. The molecule has 23 heavy (non-hydrogen) atoms. The van der Waals surface area contributed by atoms with Crippen molar-refractivity contribution >= 4 is 11.9 Å². The average Bonchev–Trinajstić information content (AvgIpc) is 2.70. The molecule has 0 saturated heterocycles. The number of amides is 3. The van der Waals surface area contributed by atoms with Gasteiger partial charge in [0.15, 0.2) is 0 Å². The molecule has 0 fully saturated rings. The van der Waals surface area contributed by atoms with Crippen molar-refractivity contribution in [3.63, 3.8) is 0 Å². The second-order valence-corrected chi connectivity index (χ2v) is 5.75. The lowest BCUT2D eigenvalue weighted by atomic mass is 9.97. The second kappa shape index (κ2) is 6.22. The normalized spacial score (nSPS) is 15.0. The fourth-order valence-corrected chi connectivity index (χ4v) is 3.00. The highest BCUT2D eigenvalue weighted by atomic mass is 16.2. The summed E-state index contributed by atoms with van der Waals surface area (Å²) < 4.78 is 0. The smallest absolute Gasteiger partial charge is 0.318 e. The van der Waals surface area contributed by atoms with Crippen LogP contribution in [-0.2, 0) is 17.9 Å². The number of carbonyl (C=O) groups excluding carboxylic acids is 2. The Kier molecular flexibility index (Phi) is 4.12. The maximum atomic E-state index is 12.1. The number of carbonyl (C=O) groups is 2. The molecule has 1 aliphatic rings. The molecule has 0 bridgehead atoms. The minimum absolute atomic E-state index is 0.380. The van der Waals surface area contributed by atoms with Gasteiger partial charge in [-0.2, -0.15) is 0 Å².